The zero-order valence-corrected chi connectivity index (χ0v) is 10.9. The average molecular weight is 261 g/mol. The second-order valence-electron chi connectivity index (χ2n) is 3.68. The Morgan fingerprint density at radius 3 is 2.78 bits per heavy atom. The SMILES string of the molecule is Cc1csc(CN=C(NN)Nc2ccccc2)n1. The van der Waals surface area contributed by atoms with Gasteiger partial charge in [-0.25, -0.2) is 15.8 Å². The molecular weight excluding hydrogens is 246 g/mol. The number of guanidine groups is 1. The molecule has 1 heterocycles. The average Bonchev–Trinajstić information content (AvgIpc) is 2.81. The van der Waals surface area contributed by atoms with E-state index in [1.54, 1.807) is 11.3 Å². The summed E-state index contributed by atoms with van der Waals surface area (Å²) in [6.45, 7) is 2.48. The number of thiazole rings is 1. The molecule has 0 fully saturated rings. The quantitative estimate of drug-likeness (QED) is 0.341. The highest BCUT2D eigenvalue weighted by Gasteiger charge is 2.00. The van der Waals surface area contributed by atoms with E-state index < -0.39 is 0 Å². The molecule has 18 heavy (non-hydrogen) atoms. The minimum Gasteiger partial charge on any atom is -0.325 e. The topological polar surface area (TPSA) is 75.3 Å². The molecule has 0 saturated heterocycles. The number of para-hydroxylation sites is 1. The van der Waals surface area contributed by atoms with Gasteiger partial charge in [-0.05, 0) is 19.1 Å². The summed E-state index contributed by atoms with van der Waals surface area (Å²) in [6.07, 6.45) is 0. The molecule has 0 bridgehead atoms. The van der Waals surface area contributed by atoms with Crippen LogP contribution in [-0.2, 0) is 6.54 Å². The number of benzene rings is 1. The lowest BCUT2D eigenvalue weighted by molar-refractivity contribution is 0.955. The predicted octanol–water partition coefficient (Wildman–Crippen LogP) is 1.88. The Kier molecular flexibility index (Phi) is 4.27. The van der Waals surface area contributed by atoms with E-state index in [0.29, 0.717) is 12.5 Å². The van der Waals surface area contributed by atoms with Crippen LogP contribution in [0.5, 0.6) is 0 Å². The van der Waals surface area contributed by atoms with Crippen LogP contribution in [0.4, 0.5) is 5.69 Å². The predicted molar refractivity (Wildman–Crippen MR) is 75.4 cm³/mol. The highest BCUT2D eigenvalue weighted by atomic mass is 32.1. The molecule has 0 saturated carbocycles. The van der Waals surface area contributed by atoms with Crippen molar-refractivity contribution < 1.29 is 0 Å². The molecule has 1 aromatic heterocycles. The maximum absolute atomic E-state index is 5.43. The van der Waals surface area contributed by atoms with Crippen LogP contribution in [0.1, 0.15) is 10.7 Å². The van der Waals surface area contributed by atoms with Crippen LogP contribution in [-0.4, -0.2) is 10.9 Å². The van der Waals surface area contributed by atoms with Gasteiger partial charge in [-0.15, -0.1) is 11.3 Å². The molecule has 2 rings (SSSR count). The van der Waals surface area contributed by atoms with Crippen molar-refractivity contribution in [1.29, 1.82) is 0 Å². The Labute approximate surface area is 110 Å². The van der Waals surface area contributed by atoms with Crippen molar-refractivity contribution in [3.8, 4) is 0 Å². The summed E-state index contributed by atoms with van der Waals surface area (Å²) in [6, 6.07) is 9.73. The van der Waals surface area contributed by atoms with Gasteiger partial charge in [0.15, 0.2) is 0 Å². The van der Waals surface area contributed by atoms with E-state index in [9.17, 15) is 0 Å². The second kappa shape index (κ2) is 6.13. The monoisotopic (exact) mass is 261 g/mol. The zero-order valence-electron chi connectivity index (χ0n) is 10.1. The second-order valence-corrected chi connectivity index (χ2v) is 4.63. The van der Waals surface area contributed by atoms with E-state index in [2.05, 4.69) is 20.7 Å². The lowest BCUT2D eigenvalue weighted by atomic mass is 10.3. The Bertz CT molecular complexity index is 520. The number of hydrazine groups is 1. The number of anilines is 1. The van der Waals surface area contributed by atoms with Gasteiger partial charge in [0.05, 0.1) is 6.54 Å². The third-order valence-corrected chi connectivity index (χ3v) is 3.16. The molecule has 4 N–H and O–H groups in total. The fourth-order valence-corrected chi connectivity index (χ4v) is 2.10. The first-order chi connectivity index (χ1) is 8.78. The van der Waals surface area contributed by atoms with Gasteiger partial charge in [0.25, 0.3) is 0 Å². The van der Waals surface area contributed by atoms with E-state index in [4.69, 9.17) is 5.84 Å². The smallest absolute Gasteiger partial charge is 0.210 e. The first kappa shape index (κ1) is 12.5. The number of aryl methyl sites for hydroxylation is 1. The van der Waals surface area contributed by atoms with Crippen molar-refractivity contribution in [3.63, 3.8) is 0 Å². The molecule has 1 aromatic carbocycles. The Morgan fingerprint density at radius 1 is 1.39 bits per heavy atom. The van der Waals surface area contributed by atoms with Crippen molar-refractivity contribution >= 4 is 23.0 Å². The fraction of sp³-hybridized carbons (Fsp3) is 0.167. The number of nitrogens with one attached hydrogen (secondary N) is 2. The molecule has 0 aliphatic carbocycles. The summed E-state index contributed by atoms with van der Waals surface area (Å²) in [5.74, 6) is 5.95. The molecular formula is C12H15N5S. The van der Waals surface area contributed by atoms with Crippen LogP contribution >= 0.6 is 11.3 Å². The van der Waals surface area contributed by atoms with Crippen LogP contribution in [0.2, 0.25) is 0 Å². The largest absolute Gasteiger partial charge is 0.325 e. The maximum atomic E-state index is 5.43. The Balaban J connectivity index is 2.00. The molecule has 0 amide bonds. The van der Waals surface area contributed by atoms with E-state index in [1.165, 1.54) is 0 Å². The lowest BCUT2D eigenvalue weighted by Crippen LogP contribution is -2.36. The van der Waals surface area contributed by atoms with E-state index >= 15 is 0 Å². The third kappa shape index (κ3) is 3.54. The van der Waals surface area contributed by atoms with Crippen molar-refractivity contribution in [3.05, 3.63) is 46.4 Å². The van der Waals surface area contributed by atoms with Gasteiger partial charge in [0, 0.05) is 16.8 Å². The highest BCUT2D eigenvalue weighted by Crippen LogP contribution is 2.10. The molecule has 0 radical (unpaired) electrons. The normalized spacial score (nSPS) is 11.3. The first-order valence-electron chi connectivity index (χ1n) is 5.52. The number of nitrogens with zero attached hydrogens (tertiary/aromatic N) is 2. The minimum absolute atomic E-state index is 0.512. The number of hydrogen-bond donors (Lipinski definition) is 3. The number of aliphatic imine (C=N–C) groups is 1. The molecule has 6 heteroatoms. The van der Waals surface area contributed by atoms with E-state index in [-0.39, 0.29) is 0 Å². The number of nitrogens with two attached hydrogens (primary N) is 1. The van der Waals surface area contributed by atoms with Crippen LogP contribution in [0.3, 0.4) is 0 Å². The van der Waals surface area contributed by atoms with E-state index in [0.717, 1.165) is 16.4 Å². The van der Waals surface area contributed by atoms with Crippen molar-refractivity contribution in [2.75, 3.05) is 5.32 Å². The first-order valence-corrected chi connectivity index (χ1v) is 6.40. The van der Waals surface area contributed by atoms with E-state index in [1.807, 2.05) is 42.6 Å². The highest BCUT2D eigenvalue weighted by molar-refractivity contribution is 7.09. The molecule has 0 aliphatic rings. The minimum atomic E-state index is 0.512. The molecule has 0 atom stereocenters. The zero-order chi connectivity index (χ0) is 12.8. The molecule has 5 nitrogen and oxygen atoms in total. The van der Waals surface area contributed by atoms with Gasteiger partial charge < -0.3 is 5.32 Å². The van der Waals surface area contributed by atoms with Crippen molar-refractivity contribution in [2.45, 2.75) is 13.5 Å². The van der Waals surface area contributed by atoms with Gasteiger partial charge in [-0.2, -0.15) is 0 Å². The van der Waals surface area contributed by atoms with Gasteiger partial charge >= 0.3 is 0 Å². The molecule has 0 spiro atoms. The number of hydrogen-bond acceptors (Lipinski definition) is 4. The van der Waals surface area contributed by atoms with Crippen LogP contribution in [0, 0.1) is 6.92 Å². The summed E-state index contributed by atoms with van der Waals surface area (Å²) >= 11 is 1.59. The summed E-state index contributed by atoms with van der Waals surface area (Å²) in [5, 5.41) is 6.07. The number of rotatable bonds is 3. The van der Waals surface area contributed by atoms with Crippen LogP contribution < -0.4 is 16.6 Å². The maximum Gasteiger partial charge on any atom is 0.210 e. The third-order valence-electron chi connectivity index (χ3n) is 2.21. The summed E-state index contributed by atoms with van der Waals surface area (Å²) in [7, 11) is 0. The molecule has 2 aromatic rings. The van der Waals surface area contributed by atoms with Crippen LogP contribution in [0.25, 0.3) is 0 Å². The lowest BCUT2D eigenvalue weighted by Gasteiger charge is -2.08. The van der Waals surface area contributed by atoms with Crippen molar-refractivity contribution in [2.24, 2.45) is 10.8 Å². The molecule has 0 unspecified atom stereocenters. The van der Waals surface area contributed by atoms with Gasteiger partial charge in [-0.1, -0.05) is 18.2 Å². The van der Waals surface area contributed by atoms with Gasteiger partial charge in [0.2, 0.25) is 5.96 Å². The van der Waals surface area contributed by atoms with Crippen LogP contribution in [0.15, 0.2) is 40.7 Å². The van der Waals surface area contributed by atoms with Gasteiger partial charge in [0.1, 0.15) is 5.01 Å². The standard InChI is InChI=1S/C12H15N5S/c1-9-8-18-11(15-9)7-14-12(17-13)16-10-5-3-2-4-6-10/h2-6,8H,7,13H2,1H3,(H2,14,16,17). The molecule has 0 aliphatic heterocycles. The summed E-state index contributed by atoms with van der Waals surface area (Å²) < 4.78 is 0. The summed E-state index contributed by atoms with van der Waals surface area (Å²) in [4.78, 5) is 8.68. The number of aromatic nitrogens is 1. The Morgan fingerprint density at radius 2 is 2.17 bits per heavy atom. The molecule has 94 valence electrons. The van der Waals surface area contributed by atoms with Crippen molar-refractivity contribution in [1.82, 2.24) is 10.4 Å². The summed E-state index contributed by atoms with van der Waals surface area (Å²) in [5.41, 5.74) is 4.50. The Hall–Kier alpha value is -1.92. The van der Waals surface area contributed by atoms with Gasteiger partial charge in [-0.3, -0.25) is 5.43 Å². The fourth-order valence-electron chi connectivity index (χ4n) is 1.40.